The van der Waals surface area contributed by atoms with Gasteiger partial charge in [-0.2, -0.15) is 0 Å². The minimum absolute atomic E-state index is 0.0203. The highest BCUT2D eigenvalue weighted by atomic mass is 19.1. The van der Waals surface area contributed by atoms with Crippen molar-refractivity contribution in [3.63, 3.8) is 0 Å². The van der Waals surface area contributed by atoms with Crippen LogP contribution in [0.4, 0.5) is 8.78 Å². The molecule has 2 heterocycles. The standard InChI is InChI=1S/C35H42FNO5.C33H35FO6/c1-21-14-25(41-20-35(3,4)19-37(5)6)15-22(2)33(21)27-10-12-29(36)34-28(27)11-13-30(34)42-24-8-9-26-23(16-32(38)39-7)18-40-31(26)17-24;1-19-12-23(39-18-33(3,4)17-35)13-20(2)31(19)25-8-10-27(34)32-26(25)9-11-28(32)40-22-6-7-24-21(14-30(36)37-5)16-38-29(24)15-22/h8-10,12,14-15,17,23,30H,11,13,16,18-20H2,1-7H3;6-8,10,12-13,15,17,21,28H,9,11,14,16,18H2,1-5H3/t23-,30-;21-,28-/m11/s1. The van der Waals surface area contributed by atoms with Crippen molar-refractivity contribution >= 4 is 18.2 Å². The Labute approximate surface area is 481 Å². The fourth-order valence-corrected chi connectivity index (χ4v) is 12.3. The van der Waals surface area contributed by atoms with Gasteiger partial charge in [0.05, 0.1) is 58.9 Å². The van der Waals surface area contributed by atoms with Crippen LogP contribution in [0.2, 0.25) is 0 Å². The van der Waals surface area contributed by atoms with E-state index in [9.17, 15) is 14.4 Å². The molecule has 14 heteroatoms. The molecule has 2 aliphatic carbocycles. The first kappa shape index (κ1) is 59.2. The van der Waals surface area contributed by atoms with E-state index in [1.54, 1.807) is 6.07 Å². The lowest BCUT2D eigenvalue weighted by Gasteiger charge is -2.28. The number of benzene rings is 6. The number of halogens is 2. The molecule has 4 atom stereocenters. The van der Waals surface area contributed by atoms with Crippen LogP contribution in [0.25, 0.3) is 22.3 Å². The zero-order chi connectivity index (χ0) is 58.8. The van der Waals surface area contributed by atoms with E-state index >= 15 is 8.78 Å². The van der Waals surface area contributed by atoms with Crippen molar-refractivity contribution in [2.24, 2.45) is 10.8 Å². The zero-order valence-electron chi connectivity index (χ0n) is 49.4. The SMILES string of the molecule is COC(=O)C[C@@H]1COc2cc(O[C@@H]3CCc4c(-c5c(C)cc(OCC(C)(C)C=O)cc5C)ccc(F)c43)ccc21.COC(=O)C[C@@H]1COc2cc(O[C@@H]3CCc4c(-c5c(C)cc(OCC(C)(C)CN(C)C)cc5C)ccc(F)c43)ccc21. The zero-order valence-corrected chi connectivity index (χ0v) is 49.4. The van der Waals surface area contributed by atoms with Gasteiger partial charge in [-0.3, -0.25) is 9.59 Å². The van der Waals surface area contributed by atoms with E-state index in [-0.39, 0.29) is 53.7 Å². The minimum atomic E-state index is -0.566. The van der Waals surface area contributed by atoms with Gasteiger partial charge in [0, 0.05) is 58.2 Å². The van der Waals surface area contributed by atoms with Gasteiger partial charge < -0.3 is 47.6 Å². The van der Waals surface area contributed by atoms with Gasteiger partial charge in [-0.25, -0.2) is 8.78 Å². The molecule has 0 unspecified atom stereocenters. The summed E-state index contributed by atoms with van der Waals surface area (Å²) in [6.07, 6.45) is 3.38. The summed E-state index contributed by atoms with van der Waals surface area (Å²) in [5, 5.41) is 0. The average Bonchev–Trinajstić information content (AvgIpc) is 4.30. The number of ether oxygens (including phenoxy) is 8. The molecule has 0 bridgehead atoms. The van der Waals surface area contributed by atoms with Crippen LogP contribution >= 0.6 is 0 Å². The monoisotopic (exact) mass is 1120 g/mol. The molecule has 2 aliphatic heterocycles. The number of esters is 2. The maximum atomic E-state index is 15.4. The van der Waals surface area contributed by atoms with E-state index in [0.29, 0.717) is 85.6 Å². The van der Waals surface area contributed by atoms with Crippen molar-refractivity contribution in [3.05, 3.63) is 152 Å². The molecule has 0 radical (unpaired) electrons. The lowest BCUT2D eigenvalue weighted by Crippen LogP contribution is -2.33. The number of carbonyl (C=O) groups is 3. The van der Waals surface area contributed by atoms with Crippen LogP contribution in [0.5, 0.6) is 34.5 Å². The number of hydrogen-bond acceptors (Lipinski definition) is 12. The third-order valence-corrected chi connectivity index (χ3v) is 16.0. The van der Waals surface area contributed by atoms with Crippen LogP contribution in [0.15, 0.2) is 84.9 Å². The molecule has 0 saturated heterocycles. The Morgan fingerprint density at radius 3 is 1.40 bits per heavy atom. The van der Waals surface area contributed by atoms with Gasteiger partial charge in [0.2, 0.25) is 0 Å². The Morgan fingerprint density at radius 2 is 1.01 bits per heavy atom. The van der Waals surface area contributed by atoms with E-state index in [1.165, 1.54) is 20.3 Å². The molecule has 0 aromatic heterocycles. The summed E-state index contributed by atoms with van der Waals surface area (Å²) in [6.45, 7) is 19.0. The highest BCUT2D eigenvalue weighted by molar-refractivity contribution is 5.78. The molecule has 0 N–H and O–H groups in total. The summed E-state index contributed by atoms with van der Waals surface area (Å²) in [6, 6.07) is 26.2. The molecule has 4 aliphatic rings. The molecule has 0 saturated carbocycles. The average molecular weight is 1120 g/mol. The van der Waals surface area contributed by atoms with E-state index in [1.807, 2.05) is 88.4 Å². The summed E-state index contributed by atoms with van der Waals surface area (Å²) >= 11 is 0. The Balaban J connectivity index is 0.000000198. The van der Waals surface area contributed by atoms with Crippen LogP contribution in [0, 0.1) is 50.2 Å². The number of fused-ring (bicyclic) bond motifs is 4. The Morgan fingerprint density at radius 1 is 0.598 bits per heavy atom. The van der Waals surface area contributed by atoms with Crippen LogP contribution in [-0.4, -0.2) is 84.4 Å². The number of hydrogen-bond donors (Lipinski definition) is 0. The first-order valence-electron chi connectivity index (χ1n) is 28.3. The summed E-state index contributed by atoms with van der Waals surface area (Å²) in [7, 11) is 6.92. The van der Waals surface area contributed by atoms with Crippen LogP contribution < -0.4 is 28.4 Å². The predicted molar refractivity (Wildman–Crippen MR) is 312 cm³/mol. The molecule has 0 fully saturated rings. The molecule has 6 aromatic rings. The quantitative estimate of drug-likeness (QED) is 0.0566. The first-order valence-corrected chi connectivity index (χ1v) is 28.3. The van der Waals surface area contributed by atoms with Crippen molar-refractivity contribution in [2.45, 2.75) is 118 Å². The van der Waals surface area contributed by atoms with Gasteiger partial charge in [0.25, 0.3) is 0 Å². The number of aldehydes is 1. The van der Waals surface area contributed by atoms with Crippen LogP contribution in [0.3, 0.4) is 0 Å². The Hall–Kier alpha value is -7.45. The topological polar surface area (TPSA) is 128 Å². The van der Waals surface area contributed by atoms with Gasteiger partial charge in [-0.05, 0) is 185 Å². The molecule has 12 nitrogen and oxygen atoms in total. The second-order valence-corrected chi connectivity index (χ2v) is 24.2. The highest BCUT2D eigenvalue weighted by Crippen LogP contribution is 2.48. The van der Waals surface area contributed by atoms with E-state index in [0.717, 1.165) is 91.8 Å². The molecular weight excluding hydrogens is 1040 g/mol. The first-order chi connectivity index (χ1) is 39.0. The number of carbonyl (C=O) groups excluding carboxylic acids is 3. The van der Waals surface area contributed by atoms with Crippen molar-refractivity contribution in [2.75, 3.05) is 61.3 Å². The minimum Gasteiger partial charge on any atom is -0.493 e. The summed E-state index contributed by atoms with van der Waals surface area (Å²) in [4.78, 5) is 36.9. The third-order valence-electron chi connectivity index (χ3n) is 16.0. The van der Waals surface area contributed by atoms with E-state index < -0.39 is 17.6 Å². The van der Waals surface area contributed by atoms with Crippen molar-refractivity contribution in [1.82, 2.24) is 4.90 Å². The lowest BCUT2D eigenvalue weighted by atomic mass is 9.90. The second-order valence-electron chi connectivity index (χ2n) is 24.2. The smallest absolute Gasteiger partial charge is 0.306 e. The fraction of sp³-hybridized carbons (Fsp3) is 0.426. The molecule has 434 valence electrons. The third kappa shape index (κ3) is 13.1. The molecule has 0 amide bonds. The van der Waals surface area contributed by atoms with Gasteiger partial charge in [0.1, 0.15) is 64.6 Å². The molecule has 0 spiro atoms. The maximum absolute atomic E-state index is 15.4. The predicted octanol–water partition coefficient (Wildman–Crippen LogP) is 14.0. The second kappa shape index (κ2) is 24.6. The normalized spacial score (nSPS) is 17.5. The van der Waals surface area contributed by atoms with Crippen LogP contribution in [-0.2, 0) is 36.7 Å². The maximum Gasteiger partial charge on any atom is 0.306 e. The lowest BCUT2D eigenvalue weighted by molar-refractivity contribution is -0.142. The molecular formula is C68H77F2NO11. The van der Waals surface area contributed by atoms with Crippen molar-refractivity contribution in [1.29, 1.82) is 0 Å². The van der Waals surface area contributed by atoms with E-state index in [4.69, 9.17) is 37.9 Å². The molecule has 6 aromatic carbocycles. The Bertz CT molecular complexity index is 3340. The van der Waals surface area contributed by atoms with Crippen molar-refractivity contribution < 1.29 is 61.1 Å². The number of nitrogens with zero attached hydrogens (tertiary/aromatic N) is 1. The Kier molecular flexibility index (Phi) is 17.7. The van der Waals surface area contributed by atoms with Gasteiger partial charge in [-0.1, -0.05) is 38.1 Å². The summed E-state index contributed by atoms with van der Waals surface area (Å²) < 4.78 is 76.8. The number of rotatable bonds is 19. The van der Waals surface area contributed by atoms with Crippen molar-refractivity contribution in [3.8, 4) is 56.8 Å². The number of methoxy groups -OCH3 is 2. The van der Waals surface area contributed by atoms with Gasteiger partial charge in [-0.15, -0.1) is 0 Å². The number of aryl methyl sites for hydroxylation is 4. The summed E-state index contributed by atoms with van der Waals surface area (Å²) in [5.41, 5.74) is 13.0. The van der Waals surface area contributed by atoms with Gasteiger partial charge >= 0.3 is 11.9 Å². The van der Waals surface area contributed by atoms with Gasteiger partial charge in [0.15, 0.2) is 0 Å². The van der Waals surface area contributed by atoms with E-state index in [2.05, 4.69) is 58.8 Å². The van der Waals surface area contributed by atoms with Crippen LogP contribution in [0.1, 0.15) is 133 Å². The fourth-order valence-electron chi connectivity index (χ4n) is 12.3. The summed E-state index contributed by atoms with van der Waals surface area (Å²) in [5.74, 6) is 3.03. The molecule has 10 rings (SSSR count). The highest BCUT2D eigenvalue weighted by Gasteiger charge is 2.35. The molecule has 82 heavy (non-hydrogen) atoms. The largest absolute Gasteiger partial charge is 0.493 e.